The Bertz CT molecular complexity index is 376. The van der Waals surface area contributed by atoms with E-state index in [0.29, 0.717) is 5.92 Å². The average Bonchev–Trinajstić information content (AvgIpc) is 2.36. The molecule has 0 spiro atoms. The highest BCUT2D eigenvalue weighted by Gasteiger charge is 2.47. The second-order valence-electron chi connectivity index (χ2n) is 7.63. The summed E-state index contributed by atoms with van der Waals surface area (Å²) in [6.07, 6.45) is 0.0620. The zero-order chi connectivity index (χ0) is 16.4. The molecule has 0 amide bonds. The Labute approximate surface area is 145 Å². The van der Waals surface area contributed by atoms with Gasteiger partial charge in [0.25, 0.3) is 0 Å². The van der Waals surface area contributed by atoms with Crippen LogP contribution < -0.4 is 0 Å². The Kier molecular flexibility index (Phi) is 6.93. The van der Waals surface area contributed by atoms with E-state index in [-0.39, 0.29) is 23.4 Å². The molecule has 3 nitrogen and oxygen atoms in total. The summed E-state index contributed by atoms with van der Waals surface area (Å²) in [5, 5.41) is 0.179. The van der Waals surface area contributed by atoms with Crippen molar-refractivity contribution in [2.24, 2.45) is 5.92 Å². The molecular formula is C16H31IO3Si. The van der Waals surface area contributed by atoms with Crippen molar-refractivity contribution in [1.82, 2.24) is 0 Å². The predicted molar refractivity (Wildman–Crippen MR) is 99.5 cm³/mol. The maximum Gasteiger partial charge on any atom is 0.192 e. The van der Waals surface area contributed by atoms with Gasteiger partial charge in [-0.25, -0.2) is 0 Å². The van der Waals surface area contributed by atoms with Crippen molar-refractivity contribution < 1.29 is 13.9 Å². The molecule has 0 aromatic heterocycles. The Hall–Kier alpha value is 0.567. The predicted octanol–water partition coefficient (Wildman–Crippen LogP) is 4.77. The van der Waals surface area contributed by atoms with Crippen LogP contribution in [0.5, 0.6) is 0 Å². The van der Waals surface area contributed by atoms with Gasteiger partial charge in [-0.05, 0) is 34.7 Å². The fourth-order valence-corrected chi connectivity index (χ4v) is 4.05. The van der Waals surface area contributed by atoms with E-state index in [1.54, 1.807) is 7.11 Å². The third kappa shape index (κ3) is 4.53. The van der Waals surface area contributed by atoms with Gasteiger partial charge in [0.15, 0.2) is 8.32 Å². The molecule has 0 N–H and O–H groups in total. The summed E-state index contributed by atoms with van der Waals surface area (Å²) < 4.78 is 20.7. The van der Waals surface area contributed by atoms with E-state index < -0.39 is 8.32 Å². The average molecular weight is 426 g/mol. The van der Waals surface area contributed by atoms with Gasteiger partial charge in [-0.2, -0.15) is 0 Å². The van der Waals surface area contributed by atoms with Gasteiger partial charge in [0.2, 0.25) is 0 Å². The summed E-state index contributed by atoms with van der Waals surface area (Å²) in [6, 6.07) is 0. The minimum absolute atomic E-state index is 0.00262. The molecule has 0 bridgehead atoms. The van der Waals surface area contributed by atoms with Gasteiger partial charge >= 0.3 is 0 Å². The molecule has 0 unspecified atom stereocenters. The van der Waals surface area contributed by atoms with E-state index in [9.17, 15) is 0 Å². The molecule has 0 aromatic rings. The molecule has 1 saturated heterocycles. The second-order valence-corrected chi connectivity index (χ2v) is 13.0. The normalized spacial score (nSPS) is 32.3. The minimum Gasteiger partial charge on any atom is -0.408 e. The first-order valence-electron chi connectivity index (χ1n) is 7.64. The Morgan fingerprint density at radius 3 is 2.29 bits per heavy atom. The molecule has 4 atom stereocenters. The summed E-state index contributed by atoms with van der Waals surface area (Å²) in [5.41, 5.74) is 1.22. The number of methoxy groups -OCH3 is 1. The van der Waals surface area contributed by atoms with Crippen LogP contribution in [-0.2, 0) is 13.9 Å². The van der Waals surface area contributed by atoms with E-state index in [2.05, 4.69) is 74.4 Å². The van der Waals surface area contributed by atoms with Crippen molar-refractivity contribution in [1.29, 1.82) is 0 Å². The third-order valence-electron chi connectivity index (χ3n) is 4.85. The zero-order valence-electron chi connectivity index (χ0n) is 14.7. The van der Waals surface area contributed by atoms with Gasteiger partial charge in [0, 0.05) is 13.0 Å². The van der Waals surface area contributed by atoms with Gasteiger partial charge in [-0.1, -0.05) is 50.3 Å². The number of hydrogen-bond donors (Lipinski definition) is 0. The van der Waals surface area contributed by atoms with Crippen LogP contribution in [0, 0.1) is 5.92 Å². The molecule has 0 saturated carbocycles. The second kappa shape index (κ2) is 7.42. The van der Waals surface area contributed by atoms with Gasteiger partial charge in [-0.3, -0.25) is 0 Å². The van der Waals surface area contributed by atoms with Crippen LogP contribution in [0.25, 0.3) is 0 Å². The fraction of sp³-hybridized carbons (Fsp3) is 0.875. The molecular weight excluding hydrogens is 395 g/mol. The minimum atomic E-state index is -1.87. The van der Waals surface area contributed by atoms with Crippen LogP contribution in [-0.4, -0.2) is 40.3 Å². The first-order chi connectivity index (χ1) is 9.55. The van der Waals surface area contributed by atoms with E-state index >= 15 is 0 Å². The van der Waals surface area contributed by atoms with Gasteiger partial charge in [-0.15, -0.1) is 0 Å². The SMILES string of the molecule is CO[C@@H]1[C@@H](O[Si](C)(C)C(C)(C)C)[C@@H](/C(C)=C/I)OC[C@@H]1C. The van der Waals surface area contributed by atoms with Crippen molar-refractivity contribution in [2.45, 2.75) is 71.1 Å². The van der Waals surface area contributed by atoms with Crippen molar-refractivity contribution >= 4 is 30.9 Å². The van der Waals surface area contributed by atoms with Crippen LogP contribution in [0.4, 0.5) is 0 Å². The lowest BCUT2D eigenvalue weighted by molar-refractivity contribution is -0.152. The van der Waals surface area contributed by atoms with Crippen molar-refractivity contribution in [3.8, 4) is 0 Å². The van der Waals surface area contributed by atoms with E-state index in [0.717, 1.165) is 6.61 Å². The molecule has 1 heterocycles. The van der Waals surface area contributed by atoms with Gasteiger partial charge in [0.1, 0.15) is 12.2 Å². The molecule has 5 heteroatoms. The zero-order valence-corrected chi connectivity index (χ0v) is 17.9. The quantitative estimate of drug-likeness (QED) is 0.479. The highest BCUT2D eigenvalue weighted by atomic mass is 127. The summed E-state index contributed by atoms with van der Waals surface area (Å²) in [6.45, 7) is 16.4. The summed E-state index contributed by atoms with van der Waals surface area (Å²) >= 11 is 2.28. The lowest BCUT2D eigenvalue weighted by Crippen LogP contribution is -2.57. The Balaban J connectivity index is 3.08. The molecule has 124 valence electrons. The van der Waals surface area contributed by atoms with Crippen LogP contribution in [0.3, 0.4) is 0 Å². The van der Waals surface area contributed by atoms with E-state index in [4.69, 9.17) is 13.9 Å². The molecule has 21 heavy (non-hydrogen) atoms. The molecule has 0 radical (unpaired) electrons. The van der Waals surface area contributed by atoms with Crippen LogP contribution in [0.1, 0.15) is 34.6 Å². The van der Waals surface area contributed by atoms with Crippen molar-refractivity contribution in [3.05, 3.63) is 9.66 Å². The Morgan fingerprint density at radius 1 is 1.29 bits per heavy atom. The van der Waals surface area contributed by atoms with E-state index in [1.165, 1.54) is 5.57 Å². The summed E-state index contributed by atoms with van der Waals surface area (Å²) in [4.78, 5) is 0. The monoisotopic (exact) mass is 426 g/mol. The van der Waals surface area contributed by atoms with E-state index in [1.807, 2.05) is 0 Å². The molecule has 1 aliphatic rings. The van der Waals surface area contributed by atoms with Gasteiger partial charge in [0.05, 0.1) is 12.7 Å². The molecule has 0 aromatic carbocycles. The topological polar surface area (TPSA) is 27.7 Å². The van der Waals surface area contributed by atoms with Crippen molar-refractivity contribution in [3.63, 3.8) is 0 Å². The summed E-state index contributed by atoms with van der Waals surface area (Å²) in [7, 11) is -0.0837. The maximum absolute atomic E-state index is 6.70. The first kappa shape index (κ1) is 19.6. The van der Waals surface area contributed by atoms with Gasteiger partial charge < -0.3 is 13.9 Å². The maximum atomic E-state index is 6.70. The van der Waals surface area contributed by atoms with Crippen LogP contribution in [0.15, 0.2) is 9.66 Å². The number of hydrogen-bond acceptors (Lipinski definition) is 3. The molecule has 1 aliphatic heterocycles. The smallest absolute Gasteiger partial charge is 0.192 e. The van der Waals surface area contributed by atoms with Crippen LogP contribution in [0.2, 0.25) is 18.1 Å². The highest BCUT2D eigenvalue weighted by molar-refractivity contribution is 14.1. The standard InChI is InChI=1S/C16H31IO3Si/c1-11(9-17)14-15(13(18-6)12(2)10-19-14)20-21(7,8)16(3,4)5/h9,12-15H,10H2,1-8H3/b11-9+/t12-,13-,14+,15+/m0/s1. The Morgan fingerprint density at radius 2 is 1.86 bits per heavy atom. The first-order valence-corrected chi connectivity index (χ1v) is 11.8. The lowest BCUT2D eigenvalue weighted by atomic mass is 9.91. The number of rotatable bonds is 4. The fourth-order valence-electron chi connectivity index (χ4n) is 2.41. The number of ether oxygens (including phenoxy) is 2. The largest absolute Gasteiger partial charge is 0.408 e. The van der Waals surface area contributed by atoms with Crippen LogP contribution >= 0.6 is 22.6 Å². The highest BCUT2D eigenvalue weighted by Crippen LogP contribution is 2.40. The van der Waals surface area contributed by atoms with Crippen molar-refractivity contribution in [2.75, 3.05) is 13.7 Å². The third-order valence-corrected chi connectivity index (χ3v) is 10.3. The molecule has 1 rings (SSSR count). The lowest BCUT2D eigenvalue weighted by Gasteiger charge is -2.47. The number of halogens is 1. The molecule has 0 aliphatic carbocycles. The molecule has 1 fully saturated rings. The summed E-state index contributed by atoms with van der Waals surface area (Å²) in [5.74, 6) is 0.350.